The van der Waals surface area contributed by atoms with E-state index in [0.717, 1.165) is 5.56 Å². The first-order valence-corrected chi connectivity index (χ1v) is 6.82. The van der Waals surface area contributed by atoms with Crippen LogP contribution < -0.4 is 5.32 Å². The van der Waals surface area contributed by atoms with Crippen molar-refractivity contribution in [3.8, 4) is 11.3 Å². The number of halogens is 1. The van der Waals surface area contributed by atoms with Gasteiger partial charge in [-0.05, 0) is 25.1 Å². The molecular formula is C15H11ClN4O2. The van der Waals surface area contributed by atoms with Crippen LogP contribution in [0.4, 0.5) is 5.88 Å². The molecule has 22 heavy (non-hydrogen) atoms. The van der Waals surface area contributed by atoms with Gasteiger partial charge >= 0.3 is 0 Å². The molecule has 3 aromatic rings. The molecule has 0 saturated carbocycles. The van der Waals surface area contributed by atoms with Gasteiger partial charge in [0.25, 0.3) is 5.91 Å². The quantitative estimate of drug-likeness (QED) is 0.801. The molecule has 2 aromatic heterocycles. The lowest BCUT2D eigenvalue weighted by molar-refractivity contribution is 0.101. The Morgan fingerprint density at radius 2 is 2.09 bits per heavy atom. The second kappa shape index (κ2) is 5.95. The smallest absolute Gasteiger partial charge is 0.276 e. The molecule has 1 aromatic carbocycles. The van der Waals surface area contributed by atoms with Crippen LogP contribution in [0, 0.1) is 6.92 Å². The molecule has 2 heterocycles. The van der Waals surface area contributed by atoms with Crippen molar-refractivity contribution in [1.82, 2.24) is 15.1 Å². The highest BCUT2D eigenvalue weighted by atomic mass is 35.5. The predicted octanol–water partition coefficient (Wildman–Crippen LogP) is 3.35. The Balaban J connectivity index is 1.86. The maximum Gasteiger partial charge on any atom is 0.276 e. The summed E-state index contributed by atoms with van der Waals surface area (Å²) in [6.07, 6.45) is 1.33. The molecule has 0 aliphatic rings. The number of hydrogen-bond donors (Lipinski definition) is 1. The van der Waals surface area contributed by atoms with E-state index in [-0.39, 0.29) is 11.6 Å². The number of aryl methyl sites for hydroxylation is 1. The summed E-state index contributed by atoms with van der Waals surface area (Å²) >= 11 is 5.96. The van der Waals surface area contributed by atoms with Crippen molar-refractivity contribution in [2.24, 2.45) is 0 Å². The van der Waals surface area contributed by atoms with Crippen LogP contribution in [-0.4, -0.2) is 21.0 Å². The lowest BCUT2D eigenvalue weighted by Gasteiger charge is -2.04. The van der Waals surface area contributed by atoms with Gasteiger partial charge in [0.1, 0.15) is 12.0 Å². The van der Waals surface area contributed by atoms with Gasteiger partial charge < -0.3 is 4.52 Å². The molecule has 0 unspecified atom stereocenters. The fraction of sp³-hybridized carbons (Fsp3) is 0.0667. The van der Waals surface area contributed by atoms with Gasteiger partial charge in [0.2, 0.25) is 5.88 Å². The summed E-state index contributed by atoms with van der Waals surface area (Å²) in [5.74, 6) is -0.132. The summed E-state index contributed by atoms with van der Waals surface area (Å²) in [6, 6.07) is 10.4. The van der Waals surface area contributed by atoms with Crippen molar-refractivity contribution < 1.29 is 9.32 Å². The van der Waals surface area contributed by atoms with Gasteiger partial charge in [-0.25, -0.2) is 9.97 Å². The number of benzene rings is 1. The molecule has 0 spiro atoms. The largest absolute Gasteiger partial charge is 0.338 e. The molecule has 1 N–H and O–H groups in total. The second-order valence-electron chi connectivity index (χ2n) is 4.59. The van der Waals surface area contributed by atoms with Gasteiger partial charge in [-0.15, -0.1) is 0 Å². The number of anilines is 1. The molecule has 3 rings (SSSR count). The van der Waals surface area contributed by atoms with E-state index in [2.05, 4.69) is 20.4 Å². The third-order valence-corrected chi connectivity index (χ3v) is 3.12. The van der Waals surface area contributed by atoms with Crippen LogP contribution in [0.15, 0.2) is 47.2 Å². The molecule has 0 aliphatic heterocycles. The van der Waals surface area contributed by atoms with E-state index in [1.165, 1.54) is 6.33 Å². The van der Waals surface area contributed by atoms with Crippen LogP contribution in [0.1, 0.15) is 16.2 Å². The van der Waals surface area contributed by atoms with E-state index < -0.39 is 5.91 Å². The second-order valence-corrected chi connectivity index (χ2v) is 5.02. The highest BCUT2D eigenvalue weighted by molar-refractivity contribution is 6.30. The number of nitrogens with one attached hydrogen (secondary N) is 1. The summed E-state index contributed by atoms with van der Waals surface area (Å²) in [5, 5.41) is 6.88. The summed E-state index contributed by atoms with van der Waals surface area (Å²) in [4.78, 5) is 20.3. The van der Waals surface area contributed by atoms with Crippen LogP contribution >= 0.6 is 11.6 Å². The van der Waals surface area contributed by atoms with Crippen molar-refractivity contribution in [3.05, 3.63) is 59.1 Å². The fourth-order valence-corrected chi connectivity index (χ4v) is 2.08. The van der Waals surface area contributed by atoms with E-state index in [4.69, 9.17) is 16.1 Å². The topological polar surface area (TPSA) is 80.9 Å². The monoisotopic (exact) mass is 314 g/mol. The van der Waals surface area contributed by atoms with Crippen LogP contribution in [0.25, 0.3) is 11.3 Å². The van der Waals surface area contributed by atoms with Crippen LogP contribution in [0.3, 0.4) is 0 Å². The Hall–Kier alpha value is -2.73. The molecule has 6 nitrogen and oxygen atoms in total. The maximum atomic E-state index is 12.2. The number of amides is 1. The van der Waals surface area contributed by atoms with Crippen molar-refractivity contribution in [1.29, 1.82) is 0 Å². The standard InChI is InChI=1S/C15H11ClN4O2/c1-9-5-14(22-20-9)19-15(21)13-7-12(17-8-18-13)10-3-2-4-11(16)6-10/h2-8H,1H3,(H,19,21). The molecule has 0 fully saturated rings. The molecule has 1 amide bonds. The fourth-order valence-electron chi connectivity index (χ4n) is 1.89. The molecule has 0 aliphatic carbocycles. The Labute approximate surface area is 131 Å². The minimum atomic E-state index is -0.401. The highest BCUT2D eigenvalue weighted by Gasteiger charge is 2.12. The van der Waals surface area contributed by atoms with Gasteiger partial charge in [-0.3, -0.25) is 10.1 Å². The molecule has 0 bridgehead atoms. The third kappa shape index (κ3) is 3.12. The van der Waals surface area contributed by atoms with Crippen molar-refractivity contribution in [2.45, 2.75) is 6.92 Å². The molecular weight excluding hydrogens is 304 g/mol. The first kappa shape index (κ1) is 14.2. The zero-order valence-electron chi connectivity index (χ0n) is 11.6. The first-order valence-electron chi connectivity index (χ1n) is 6.44. The lowest BCUT2D eigenvalue weighted by atomic mass is 10.1. The third-order valence-electron chi connectivity index (χ3n) is 2.88. The number of nitrogens with zero attached hydrogens (tertiary/aromatic N) is 3. The maximum absolute atomic E-state index is 12.2. The first-order chi connectivity index (χ1) is 10.6. The summed E-state index contributed by atoms with van der Waals surface area (Å²) < 4.78 is 4.94. The SMILES string of the molecule is Cc1cc(NC(=O)c2cc(-c3cccc(Cl)c3)ncn2)on1. The Morgan fingerprint density at radius 3 is 2.82 bits per heavy atom. The lowest BCUT2D eigenvalue weighted by Crippen LogP contribution is -2.13. The van der Waals surface area contributed by atoms with Crippen LogP contribution in [-0.2, 0) is 0 Å². The number of rotatable bonds is 3. The molecule has 7 heteroatoms. The molecule has 0 saturated heterocycles. The van der Waals surface area contributed by atoms with E-state index in [9.17, 15) is 4.79 Å². The zero-order chi connectivity index (χ0) is 15.5. The highest BCUT2D eigenvalue weighted by Crippen LogP contribution is 2.21. The van der Waals surface area contributed by atoms with E-state index >= 15 is 0 Å². The summed E-state index contributed by atoms with van der Waals surface area (Å²) in [5.41, 5.74) is 2.31. The van der Waals surface area contributed by atoms with Gasteiger partial charge in [-0.2, -0.15) is 0 Å². The van der Waals surface area contributed by atoms with Crippen molar-refractivity contribution >= 4 is 23.4 Å². The van der Waals surface area contributed by atoms with Gasteiger partial charge in [0.15, 0.2) is 0 Å². The number of carbonyl (C=O) groups is 1. The average molecular weight is 315 g/mol. The number of hydrogen-bond acceptors (Lipinski definition) is 5. The van der Waals surface area contributed by atoms with E-state index in [0.29, 0.717) is 16.4 Å². The van der Waals surface area contributed by atoms with Crippen molar-refractivity contribution in [2.75, 3.05) is 5.32 Å². The van der Waals surface area contributed by atoms with E-state index in [1.54, 1.807) is 31.2 Å². The minimum absolute atomic E-state index is 0.221. The zero-order valence-corrected chi connectivity index (χ0v) is 12.3. The van der Waals surface area contributed by atoms with Gasteiger partial charge in [0, 0.05) is 16.7 Å². The molecule has 0 radical (unpaired) electrons. The normalized spacial score (nSPS) is 10.5. The summed E-state index contributed by atoms with van der Waals surface area (Å²) in [6.45, 7) is 1.76. The van der Waals surface area contributed by atoms with Gasteiger partial charge in [0.05, 0.1) is 11.4 Å². The average Bonchev–Trinajstić information content (AvgIpc) is 2.92. The van der Waals surface area contributed by atoms with Crippen LogP contribution in [0.2, 0.25) is 5.02 Å². The molecule has 110 valence electrons. The minimum Gasteiger partial charge on any atom is -0.338 e. The van der Waals surface area contributed by atoms with Gasteiger partial charge in [-0.1, -0.05) is 28.9 Å². The predicted molar refractivity (Wildman–Crippen MR) is 81.7 cm³/mol. The number of aromatic nitrogens is 3. The van der Waals surface area contributed by atoms with E-state index in [1.807, 2.05) is 12.1 Å². The Morgan fingerprint density at radius 1 is 1.23 bits per heavy atom. The van der Waals surface area contributed by atoms with Crippen LogP contribution in [0.5, 0.6) is 0 Å². The number of carbonyl (C=O) groups excluding carboxylic acids is 1. The Kier molecular flexibility index (Phi) is 3.84. The Bertz CT molecular complexity index is 832. The van der Waals surface area contributed by atoms with Crippen molar-refractivity contribution in [3.63, 3.8) is 0 Å². The summed E-state index contributed by atoms with van der Waals surface area (Å²) in [7, 11) is 0. The molecule has 0 atom stereocenters.